The molecular formula is C14H13N5O. The molecule has 0 saturated heterocycles. The summed E-state index contributed by atoms with van der Waals surface area (Å²) in [6, 6.07) is 11.4. The van der Waals surface area contributed by atoms with Crippen LogP contribution < -0.4 is 16.0 Å². The summed E-state index contributed by atoms with van der Waals surface area (Å²) in [4.78, 5) is 12.6. The molecule has 0 amide bonds. The minimum absolute atomic E-state index is 0.419. The molecule has 0 bridgehead atoms. The smallest absolute Gasteiger partial charge is 0.224 e. The summed E-state index contributed by atoms with van der Waals surface area (Å²) in [7, 11) is 0. The summed E-state index contributed by atoms with van der Waals surface area (Å²) in [6.07, 6.45) is 1.66. The number of hydrogen-bond donors (Lipinski definition) is 2. The number of fused-ring (bicyclic) bond motifs is 1. The second-order valence-electron chi connectivity index (χ2n) is 4.25. The number of ether oxygens (including phenoxy) is 1. The van der Waals surface area contributed by atoms with Gasteiger partial charge in [-0.25, -0.2) is 10.8 Å². The first-order valence-corrected chi connectivity index (χ1v) is 6.09. The highest BCUT2D eigenvalue weighted by Gasteiger charge is 2.05. The van der Waals surface area contributed by atoms with Gasteiger partial charge >= 0.3 is 0 Å². The summed E-state index contributed by atoms with van der Waals surface area (Å²) < 4.78 is 5.70. The van der Waals surface area contributed by atoms with Crippen molar-refractivity contribution in [2.75, 3.05) is 5.43 Å². The van der Waals surface area contributed by atoms with Crippen LogP contribution >= 0.6 is 0 Å². The number of nitrogens with one attached hydrogen (secondary N) is 1. The fourth-order valence-electron chi connectivity index (χ4n) is 1.89. The average molecular weight is 267 g/mol. The molecule has 0 spiro atoms. The zero-order chi connectivity index (χ0) is 13.9. The number of nitrogen functional groups attached to an aromatic ring is 1. The SMILES string of the molecule is Cc1nc(NN)cc(Oc2cnc3ccccc3c2)n1. The van der Waals surface area contributed by atoms with E-state index < -0.39 is 0 Å². The maximum Gasteiger partial charge on any atom is 0.224 e. The Morgan fingerprint density at radius 2 is 2.00 bits per heavy atom. The van der Waals surface area contributed by atoms with Gasteiger partial charge in [0.2, 0.25) is 5.88 Å². The van der Waals surface area contributed by atoms with E-state index in [1.165, 1.54) is 0 Å². The van der Waals surface area contributed by atoms with Crippen molar-refractivity contribution in [2.24, 2.45) is 5.84 Å². The Bertz CT molecular complexity index is 759. The van der Waals surface area contributed by atoms with Gasteiger partial charge in [0.25, 0.3) is 0 Å². The average Bonchev–Trinajstić information content (AvgIpc) is 2.46. The number of rotatable bonds is 3. The van der Waals surface area contributed by atoms with Crippen molar-refractivity contribution in [3.63, 3.8) is 0 Å². The number of aryl methyl sites for hydroxylation is 1. The van der Waals surface area contributed by atoms with Crippen LogP contribution in [0.1, 0.15) is 5.82 Å². The number of pyridine rings is 1. The standard InChI is InChI=1S/C14H13N5O/c1-9-17-13(19-15)7-14(18-9)20-11-6-10-4-2-3-5-12(10)16-8-11/h2-8H,15H2,1H3,(H,17,18,19). The number of benzene rings is 1. The van der Waals surface area contributed by atoms with Gasteiger partial charge in [0.1, 0.15) is 17.4 Å². The molecule has 2 heterocycles. The maximum absolute atomic E-state index is 5.70. The number of aromatic nitrogens is 3. The fraction of sp³-hybridized carbons (Fsp3) is 0.0714. The van der Waals surface area contributed by atoms with E-state index in [1.807, 2.05) is 30.3 Å². The predicted octanol–water partition coefficient (Wildman–Crippen LogP) is 2.41. The number of anilines is 1. The van der Waals surface area contributed by atoms with Gasteiger partial charge in [0.05, 0.1) is 11.7 Å². The first-order chi connectivity index (χ1) is 9.74. The number of nitrogens with two attached hydrogens (primary N) is 1. The topological polar surface area (TPSA) is 86.0 Å². The molecule has 0 aliphatic heterocycles. The van der Waals surface area contributed by atoms with Crippen LogP contribution in [0, 0.1) is 6.92 Å². The lowest BCUT2D eigenvalue weighted by Crippen LogP contribution is -2.09. The largest absolute Gasteiger partial charge is 0.437 e. The Kier molecular flexibility index (Phi) is 3.14. The van der Waals surface area contributed by atoms with Gasteiger partial charge in [0, 0.05) is 11.5 Å². The van der Waals surface area contributed by atoms with Gasteiger partial charge in [-0.1, -0.05) is 18.2 Å². The summed E-state index contributed by atoms with van der Waals surface area (Å²) in [6.45, 7) is 1.77. The molecule has 0 aliphatic carbocycles. The highest BCUT2D eigenvalue weighted by Crippen LogP contribution is 2.23. The van der Waals surface area contributed by atoms with Crippen molar-refractivity contribution in [1.29, 1.82) is 0 Å². The normalized spacial score (nSPS) is 10.5. The van der Waals surface area contributed by atoms with Gasteiger partial charge in [-0.3, -0.25) is 4.98 Å². The van der Waals surface area contributed by atoms with Gasteiger partial charge in [-0.15, -0.1) is 0 Å². The third-order valence-electron chi connectivity index (χ3n) is 2.75. The van der Waals surface area contributed by atoms with Crippen LogP contribution in [-0.4, -0.2) is 15.0 Å². The summed E-state index contributed by atoms with van der Waals surface area (Å²) >= 11 is 0. The minimum Gasteiger partial charge on any atom is -0.437 e. The van der Waals surface area contributed by atoms with E-state index in [0.717, 1.165) is 10.9 Å². The molecule has 0 unspecified atom stereocenters. The second kappa shape index (κ2) is 5.10. The molecule has 0 fully saturated rings. The van der Waals surface area contributed by atoms with E-state index in [9.17, 15) is 0 Å². The Balaban J connectivity index is 1.94. The molecule has 0 saturated carbocycles. The van der Waals surface area contributed by atoms with Crippen molar-refractivity contribution in [3.05, 3.63) is 48.4 Å². The first-order valence-electron chi connectivity index (χ1n) is 6.09. The Labute approximate surface area is 115 Å². The molecule has 3 N–H and O–H groups in total. The molecule has 6 heteroatoms. The Hall–Kier alpha value is -2.73. The van der Waals surface area contributed by atoms with Crippen LogP contribution in [0.15, 0.2) is 42.6 Å². The number of hydrogen-bond acceptors (Lipinski definition) is 6. The van der Waals surface area contributed by atoms with Crippen molar-refractivity contribution in [3.8, 4) is 11.6 Å². The molecular weight excluding hydrogens is 254 g/mol. The van der Waals surface area contributed by atoms with Crippen molar-refractivity contribution < 1.29 is 4.74 Å². The zero-order valence-electron chi connectivity index (χ0n) is 10.9. The Morgan fingerprint density at radius 1 is 1.15 bits per heavy atom. The summed E-state index contributed by atoms with van der Waals surface area (Å²) in [5.41, 5.74) is 3.40. The zero-order valence-corrected chi connectivity index (χ0v) is 10.9. The molecule has 6 nitrogen and oxygen atoms in total. The molecule has 0 radical (unpaired) electrons. The molecule has 0 atom stereocenters. The van der Waals surface area contributed by atoms with Crippen molar-refractivity contribution in [1.82, 2.24) is 15.0 Å². The van der Waals surface area contributed by atoms with E-state index in [1.54, 1.807) is 19.2 Å². The summed E-state index contributed by atoms with van der Waals surface area (Å²) in [5.74, 6) is 7.46. The molecule has 100 valence electrons. The third-order valence-corrected chi connectivity index (χ3v) is 2.75. The first kappa shape index (κ1) is 12.3. The predicted molar refractivity (Wildman–Crippen MR) is 76.4 cm³/mol. The Morgan fingerprint density at radius 3 is 2.85 bits per heavy atom. The van der Waals surface area contributed by atoms with Gasteiger partial charge in [-0.2, -0.15) is 4.98 Å². The van der Waals surface area contributed by atoms with Crippen LogP contribution in [0.2, 0.25) is 0 Å². The molecule has 3 aromatic rings. The molecule has 3 rings (SSSR count). The number of nitrogens with zero attached hydrogens (tertiary/aromatic N) is 3. The van der Waals surface area contributed by atoms with E-state index in [2.05, 4.69) is 20.4 Å². The lowest BCUT2D eigenvalue weighted by atomic mass is 10.2. The quantitative estimate of drug-likeness (QED) is 0.560. The number of hydrazine groups is 1. The maximum atomic E-state index is 5.70. The second-order valence-corrected chi connectivity index (χ2v) is 4.25. The highest BCUT2D eigenvalue weighted by atomic mass is 16.5. The van der Waals surface area contributed by atoms with Gasteiger partial charge in [0.15, 0.2) is 0 Å². The van der Waals surface area contributed by atoms with Crippen LogP contribution in [-0.2, 0) is 0 Å². The molecule has 20 heavy (non-hydrogen) atoms. The van der Waals surface area contributed by atoms with E-state index >= 15 is 0 Å². The number of para-hydroxylation sites is 1. The lowest BCUT2D eigenvalue weighted by molar-refractivity contribution is 0.459. The van der Waals surface area contributed by atoms with Crippen molar-refractivity contribution >= 4 is 16.7 Å². The van der Waals surface area contributed by atoms with E-state index in [4.69, 9.17) is 10.6 Å². The highest BCUT2D eigenvalue weighted by molar-refractivity contribution is 5.79. The van der Waals surface area contributed by atoms with Crippen LogP contribution in [0.4, 0.5) is 5.82 Å². The van der Waals surface area contributed by atoms with Gasteiger partial charge < -0.3 is 10.2 Å². The monoisotopic (exact) mass is 267 g/mol. The van der Waals surface area contributed by atoms with E-state index in [0.29, 0.717) is 23.3 Å². The summed E-state index contributed by atoms with van der Waals surface area (Å²) in [5, 5.41) is 1.01. The fourth-order valence-corrected chi connectivity index (χ4v) is 1.89. The van der Waals surface area contributed by atoms with Crippen LogP contribution in [0.25, 0.3) is 10.9 Å². The van der Waals surface area contributed by atoms with Crippen LogP contribution in [0.5, 0.6) is 11.6 Å². The van der Waals surface area contributed by atoms with Gasteiger partial charge in [-0.05, 0) is 19.1 Å². The third kappa shape index (κ3) is 2.50. The molecule has 1 aromatic carbocycles. The molecule has 0 aliphatic rings. The van der Waals surface area contributed by atoms with Crippen molar-refractivity contribution in [2.45, 2.75) is 6.92 Å². The van der Waals surface area contributed by atoms with E-state index in [-0.39, 0.29) is 0 Å². The molecule has 2 aromatic heterocycles. The van der Waals surface area contributed by atoms with Crippen LogP contribution in [0.3, 0.4) is 0 Å². The minimum atomic E-state index is 0.419. The lowest BCUT2D eigenvalue weighted by Gasteiger charge is -2.07.